The fourth-order valence-corrected chi connectivity index (χ4v) is 3.16. The minimum absolute atomic E-state index is 0.0136. The van der Waals surface area contributed by atoms with Crippen LogP contribution in [0.3, 0.4) is 0 Å². The Morgan fingerprint density at radius 2 is 2.39 bits per heavy atom. The van der Waals surface area contributed by atoms with E-state index < -0.39 is 0 Å². The fraction of sp³-hybridized carbons (Fsp3) is 0.462. The number of hydrogen-bond acceptors (Lipinski definition) is 3. The van der Waals surface area contributed by atoms with E-state index in [1.807, 2.05) is 36.9 Å². The van der Waals surface area contributed by atoms with E-state index in [1.165, 1.54) is 5.75 Å². The van der Waals surface area contributed by atoms with Gasteiger partial charge in [0.2, 0.25) is 5.91 Å². The van der Waals surface area contributed by atoms with Gasteiger partial charge in [-0.05, 0) is 30.4 Å². The zero-order valence-corrected chi connectivity index (χ0v) is 11.9. The van der Waals surface area contributed by atoms with Crippen molar-refractivity contribution in [2.45, 2.75) is 25.8 Å². The van der Waals surface area contributed by atoms with E-state index in [9.17, 15) is 4.79 Å². The van der Waals surface area contributed by atoms with E-state index in [-0.39, 0.29) is 5.91 Å². The van der Waals surface area contributed by atoms with Gasteiger partial charge in [-0.3, -0.25) is 4.79 Å². The van der Waals surface area contributed by atoms with Gasteiger partial charge in [-0.1, -0.05) is 18.5 Å². The number of benzene rings is 1. The molecule has 1 amide bonds. The van der Waals surface area contributed by atoms with Gasteiger partial charge in [0.1, 0.15) is 0 Å². The molecule has 3 nitrogen and oxygen atoms in total. The van der Waals surface area contributed by atoms with Crippen LogP contribution in [0.15, 0.2) is 18.2 Å². The summed E-state index contributed by atoms with van der Waals surface area (Å²) in [6.07, 6.45) is 1.64. The molecule has 1 aromatic carbocycles. The highest BCUT2D eigenvalue weighted by molar-refractivity contribution is 7.99. The van der Waals surface area contributed by atoms with Crippen molar-refractivity contribution in [2.24, 2.45) is 0 Å². The first kappa shape index (κ1) is 13.6. The lowest BCUT2D eigenvalue weighted by Crippen LogP contribution is -2.18. The quantitative estimate of drug-likeness (QED) is 0.887. The van der Waals surface area contributed by atoms with Crippen molar-refractivity contribution in [3.63, 3.8) is 0 Å². The highest BCUT2D eigenvalue weighted by Crippen LogP contribution is 2.29. The number of rotatable bonds is 4. The maximum atomic E-state index is 11.4. The van der Waals surface area contributed by atoms with Crippen LogP contribution in [0.2, 0.25) is 5.02 Å². The van der Waals surface area contributed by atoms with Gasteiger partial charge in [0, 0.05) is 23.9 Å². The van der Waals surface area contributed by atoms with Crippen LogP contribution in [0.5, 0.6) is 0 Å². The number of amides is 1. The second kappa shape index (κ2) is 6.34. The van der Waals surface area contributed by atoms with Crippen molar-refractivity contribution in [2.75, 3.05) is 22.1 Å². The maximum Gasteiger partial charge on any atom is 0.224 e. The number of thioether (sulfide) groups is 1. The predicted molar refractivity (Wildman–Crippen MR) is 79.7 cm³/mol. The van der Waals surface area contributed by atoms with E-state index in [2.05, 4.69) is 10.6 Å². The van der Waals surface area contributed by atoms with Gasteiger partial charge in [0.15, 0.2) is 0 Å². The molecule has 2 N–H and O–H groups in total. The summed E-state index contributed by atoms with van der Waals surface area (Å²) in [6.45, 7) is 1.83. The molecule has 0 bridgehead atoms. The van der Waals surface area contributed by atoms with Crippen LogP contribution < -0.4 is 10.6 Å². The lowest BCUT2D eigenvalue weighted by atomic mass is 10.2. The summed E-state index contributed by atoms with van der Waals surface area (Å²) in [5.41, 5.74) is 1.69. The van der Waals surface area contributed by atoms with Crippen molar-refractivity contribution in [1.29, 1.82) is 0 Å². The van der Waals surface area contributed by atoms with Crippen molar-refractivity contribution in [3.05, 3.63) is 23.2 Å². The number of hydrogen-bond donors (Lipinski definition) is 2. The van der Waals surface area contributed by atoms with Gasteiger partial charge in [-0.25, -0.2) is 0 Å². The van der Waals surface area contributed by atoms with Gasteiger partial charge in [0.25, 0.3) is 0 Å². The molecule has 0 saturated carbocycles. The molecule has 1 heterocycles. The maximum absolute atomic E-state index is 11.4. The Morgan fingerprint density at radius 1 is 1.56 bits per heavy atom. The number of halogens is 1. The molecule has 1 unspecified atom stereocenters. The van der Waals surface area contributed by atoms with Gasteiger partial charge < -0.3 is 10.6 Å². The lowest BCUT2D eigenvalue weighted by molar-refractivity contribution is -0.115. The minimum atomic E-state index is 0.0136. The third-order valence-corrected chi connectivity index (χ3v) is 4.35. The summed E-state index contributed by atoms with van der Waals surface area (Å²) in [5, 5.41) is 6.97. The second-order valence-electron chi connectivity index (χ2n) is 4.30. The van der Waals surface area contributed by atoms with Gasteiger partial charge >= 0.3 is 0 Å². The fourth-order valence-electron chi connectivity index (χ4n) is 1.83. The zero-order valence-electron chi connectivity index (χ0n) is 10.3. The number of carbonyl (C=O) groups is 1. The van der Waals surface area contributed by atoms with Gasteiger partial charge in [-0.2, -0.15) is 11.8 Å². The normalized spacial score (nSPS) is 18.7. The third kappa shape index (κ3) is 3.56. The molecule has 0 aromatic heterocycles. The Labute approximate surface area is 117 Å². The molecule has 5 heteroatoms. The third-order valence-electron chi connectivity index (χ3n) is 2.86. The Morgan fingerprint density at radius 3 is 3.06 bits per heavy atom. The SMILES string of the molecule is CCC(=O)Nc1ccc(Cl)c(NC2CCSC2)c1. The van der Waals surface area contributed by atoms with Crippen LogP contribution in [0.4, 0.5) is 11.4 Å². The molecule has 98 valence electrons. The molecular weight excluding hydrogens is 268 g/mol. The van der Waals surface area contributed by atoms with Crippen molar-refractivity contribution in [1.82, 2.24) is 0 Å². The van der Waals surface area contributed by atoms with Crippen LogP contribution in [-0.2, 0) is 4.79 Å². The standard InChI is InChI=1S/C13H17ClN2OS/c1-2-13(17)16-9-3-4-11(14)12(7-9)15-10-5-6-18-8-10/h3-4,7,10,15H,2,5-6,8H2,1H3,(H,16,17). The molecule has 1 saturated heterocycles. The highest BCUT2D eigenvalue weighted by atomic mass is 35.5. The summed E-state index contributed by atoms with van der Waals surface area (Å²) in [4.78, 5) is 11.4. The predicted octanol–water partition coefficient (Wildman–Crippen LogP) is 3.61. The number of nitrogens with one attached hydrogen (secondary N) is 2. The molecule has 18 heavy (non-hydrogen) atoms. The van der Waals surface area contributed by atoms with E-state index in [0.29, 0.717) is 17.5 Å². The van der Waals surface area contributed by atoms with Crippen molar-refractivity contribution < 1.29 is 4.79 Å². The topological polar surface area (TPSA) is 41.1 Å². The largest absolute Gasteiger partial charge is 0.380 e. The first-order valence-electron chi connectivity index (χ1n) is 6.12. The van der Waals surface area contributed by atoms with Crippen LogP contribution in [0.25, 0.3) is 0 Å². The summed E-state index contributed by atoms with van der Waals surface area (Å²) in [5.74, 6) is 2.32. The Kier molecular flexibility index (Phi) is 4.78. The first-order chi connectivity index (χ1) is 8.69. The smallest absolute Gasteiger partial charge is 0.224 e. The van der Waals surface area contributed by atoms with Gasteiger partial charge in [-0.15, -0.1) is 0 Å². The van der Waals surface area contributed by atoms with Crippen LogP contribution in [0.1, 0.15) is 19.8 Å². The van der Waals surface area contributed by atoms with Crippen molar-refractivity contribution in [3.8, 4) is 0 Å². The molecule has 1 aliphatic rings. The lowest BCUT2D eigenvalue weighted by Gasteiger charge is -2.15. The summed E-state index contributed by atoms with van der Waals surface area (Å²) >= 11 is 8.11. The minimum Gasteiger partial charge on any atom is -0.380 e. The van der Waals surface area contributed by atoms with E-state index in [1.54, 1.807) is 0 Å². The Bertz CT molecular complexity index is 433. The van der Waals surface area contributed by atoms with Crippen molar-refractivity contribution >= 4 is 40.6 Å². The van der Waals surface area contributed by atoms with E-state index in [4.69, 9.17) is 11.6 Å². The molecule has 1 fully saturated rings. The van der Waals surface area contributed by atoms with Crippen LogP contribution >= 0.6 is 23.4 Å². The average Bonchev–Trinajstić information content (AvgIpc) is 2.86. The monoisotopic (exact) mass is 284 g/mol. The number of anilines is 2. The Balaban J connectivity index is 2.08. The highest BCUT2D eigenvalue weighted by Gasteiger charge is 2.16. The molecule has 1 atom stereocenters. The second-order valence-corrected chi connectivity index (χ2v) is 5.86. The van der Waals surface area contributed by atoms with Crippen LogP contribution in [-0.4, -0.2) is 23.5 Å². The molecule has 0 aliphatic carbocycles. The molecule has 0 radical (unpaired) electrons. The molecule has 2 rings (SSSR count). The molecule has 0 spiro atoms. The molecular formula is C13H17ClN2OS. The van der Waals surface area contributed by atoms with Crippen LogP contribution in [0, 0.1) is 0 Å². The summed E-state index contributed by atoms with van der Waals surface area (Å²) < 4.78 is 0. The molecule has 1 aliphatic heterocycles. The number of carbonyl (C=O) groups excluding carboxylic acids is 1. The summed E-state index contributed by atoms with van der Waals surface area (Å²) in [7, 11) is 0. The average molecular weight is 285 g/mol. The molecule has 1 aromatic rings. The van der Waals surface area contributed by atoms with E-state index >= 15 is 0 Å². The first-order valence-corrected chi connectivity index (χ1v) is 7.66. The van der Waals surface area contributed by atoms with Gasteiger partial charge in [0.05, 0.1) is 10.7 Å². The van der Waals surface area contributed by atoms with E-state index in [0.717, 1.165) is 23.5 Å². The Hall–Kier alpha value is -0.870. The zero-order chi connectivity index (χ0) is 13.0. The summed E-state index contributed by atoms with van der Waals surface area (Å²) in [6, 6.07) is 6.02.